The summed E-state index contributed by atoms with van der Waals surface area (Å²) >= 11 is 1.61. The van der Waals surface area contributed by atoms with E-state index >= 15 is 0 Å². The Labute approximate surface area is 187 Å². The van der Waals surface area contributed by atoms with Gasteiger partial charge in [0.2, 0.25) is 5.91 Å². The van der Waals surface area contributed by atoms with Crippen LogP contribution in [-0.2, 0) is 22.5 Å². The third-order valence-corrected chi connectivity index (χ3v) is 6.48. The van der Waals surface area contributed by atoms with E-state index in [2.05, 4.69) is 21.8 Å². The number of anilines is 2. The lowest BCUT2D eigenvalue weighted by Crippen LogP contribution is -2.39. The minimum atomic E-state index is 0.00758. The minimum absolute atomic E-state index is 0.00758. The molecule has 0 aromatic carbocycles. The van der Waals surface area contributed by atoms with Crippen molar-refractivity contribution in [2.45, 2.75) is 32.7 Å². The fourth-order valence-corrected chi connectivity index (χ4v) is 4.79. The number of ether oxygens (including phenoxy) is 1. The van der Waals surface area contributed by atoms with E-state index in [-0.39, 0.29) is 5.91 Å². The van der Waals surface area contributed by atoms with Gasteiger partial charge in [-0.1, -0.05) is 6.58 Å². The summed E-state index contributed by atoms with van der Waals surface area (Å²) in [5.41, 5.74) is 0.998. The van der Waals surface area contributed by atoms with Gasteiger partial charge in [0.25, 0.3) is 0 Å². The van der Waals surface area contributed by atoms with Crippen molar-refractivity contribution in [3.8, 4) is 0 Å². The van der Waals surface area contributed by atoms with Gasteiger partial charge in [-0.05, 0) is 31.8 Å². The molecule has 0 bridgehead atoms. The van der Waals surface area contributed by atoms with E-state index in [9.17, 15) is 4.79 Å². The molecule has 4 heterocycles. The zero-order valence-electron chi connectivity index (χ0n) is 18.0. The van der Waals surface area contributed by atoms with E-state index < -0.39 is 0 Å². The van der Waals surface area contributed by atoms with Gasteiger partial charge < -0.3 is 15.0 Å². The number of nitrogens with zero attached hydrogens (tertiary/aromatic N) is 5. The van der Waals surface area contributed by atoms with Gasteiger partial charge in [-0.15, -0.1) is 11.3 Å². The zero-order valence-corrected chi connectivity index (χ0v) is 18.9. The first-order valence-corrected chi connectivity index (χ1v) is 11.7. The summed E-state index contributed by atoms with van der Waals surface area (Å²) in [5.74, 6) is 1.95. The molecule has 0 saturated carbocycles. The predicted octanol–water partition coefficient (Wildman–Crippen LogP) is 2.78. The van der Waals surface area contributed by atoms with Crippen LogP contribution in [0.25, 0.3) is 0 Å². The Bertz CT molecular complexity index is 911. The lowest BCUT2D eigenvalue weighted by atomic mass is 9.94. The van der Waals surface area contributed by atoms with Gasteiger partial charge in [0.15, 0.2) is 5.13 Å². The number of rotatable bonds is 7. The number of hydrogen-bond acceptors (Lipinski definition) is 8. The van der Waals surface area contributed by atoms with Crippen molar-refractivity contribution in [3.05, 3.63) is 41.3 Å². The molecular weight excluding hydrogens is 412 g/mol. The highest BCUT2D eigenvalue weighted by molar-refractivity contribution is 7.15. The largest absolute Gasteiger partial charge is 0.379 e. The predicted molar refractivity (Wildman–Crippen MR) is 121 cm³/mol. The van der Waals surface area contributed by atoms with E-state index in [0.717, 1.165) is 92.5 Å². The van der Waals surface area contributed by atoms with Gasteiger partial charge in [-0.3, -0.25) is 9.69 Å². The van der Waals surface area contributed by atoms with Gasteiger partial charge >= 0.3 is 0 Å². The van der Waals surface area contributed by atoms with Gasteiger partial charge in [0, 0.05) is 56.3 Å². The molecule has 2 fully saturated rings. The van der Waals surface area contributed by atoms with Gasteiger partial charge in [0.1, 0.15) is 11.6 Å². The number of carbonyl (C=O) groups is 1. The number of aromatic nitrogens is 3. The molecule has 4 rings (SSSR count). The maximum Gasteiger partial charge on any atom is 0.245 e. The molecule has 31 heavy (non-hydrogen) atoms. The third kappa shape index (κ3) is 6.09. The van der Waals surface area contributed by atoms with E-state index in [4.69, 9.17) is 14.7 Å². The molecule has 166 valence electrons. The maximum absolute atomic E-state index is 12.0. The fourth-order valence-electron chi connectivity index (χ4n) is 4.12. The smallest absolute Gasteiger partial charge is 0.245 e. The summed E-state index contributed by atoms with van der Waals surface area (Å²) in [6.07, 6.45) is 6.09. The van der Waals surface area contributed by atoms with Gasteiger partial charge in [-0.25, -0.2) is 15.0 Å². The summed E-state index contributed by atoms with van der Waals surface area (Å²) < 4.78 is 5.47. The highest BCUT2D eigenvalue weighted by Gasteiger charge is 2.24. The zero-order chi connectivity index (χ0) is 21.6. The molecule has 0 spiro atoms. The van der Waals surface area contributed by atoms with Crippen LogP contribution in [0.15, 0.2) is 24.9 Å². The maximum atomic E-state index is 12.0. The van der Waals surface area contributed by atoms with Crippen molar-refractivity contribution < 1.29 is 9.53 Å². The van der Waals surface area contributed by atoms with Crippen molar-refractivity contribution >= 4 is 28.2 Å². The SMILES string of the molecule is C=CC(=O)N1CCC[C@H](Cc2nc(CN3CCOCC3)cc(Nc3ncc(C)s3)n2)C1. The monoisotopic (exact) mass is 442 g/mol. The van der Waals surface area contributed by atoms with E-state index in [1.807, 2.05) is 24.1 Å². The van der Waals surface area contributed by atoms with Crippen molar-refractivity contribution in [1.29, 1.82) is 0 Å². The Morgan fingerprint density at radius 1 is 1.35 bits per heavy atom. The first-order valence-electron chi connectivity index (χ1n) is 10.9. The number of likely N-dealkylation sites (tertiary alicyclic amines) is 1. The van der Waals surface area contributed by atoms with E-state index in [0.29, 0.717) is 5.92 Å². The molecule has 2 aromatic heterocycles. The van der Waals surface area contributed by atoms with Crippen LogP contribution in [0.4, 0.5) is 10.9 Å². The first kappa shape index (κ1) is 21.9. The molecule has 9 heteroatoms. The average Bonchev–Trinajstić information content (AvgIpc) is 3.18. The number of amides is 1. The highest BCUT2D eigenvalue weighted by atomic mass is 32.1. The number of carbonyl (C=O) groups excluding carboxylic acids is 1. The summed E-state index contributed by atoms with van der Waals surface area (Å²) in [6.45, 7) is 11.3. The molecule has 0 aliphatic carbocycles. The summed E-state index contributed by atoms with van der Waals surface area (Å²) in [5, 5.41) is 4.18. The van der Waals surface area contributed by atoms with Crippen LogP contribution >= 0.6 is 11.3 Å². The molecule has 1 atom stereocenters. The molecule has 2 aromatic rings. The molecule has 8 nitrogen and oxygen atoms in total. The summed E-state index contributed by atoms with van der Waals surface area (Å²) in [7, 11) is 0. The van der Waals surface area contributed by atoms with Crippen LogP contribution in [0.3, 0.4) is 0 Å². The van der Waals surface area contributed by atoms with Crippen molar-refractivity contribution in [2.75, 3.05) is 44.7 Å². The van der Waals surface area contributed by atoms with Crippen LogP contribution in [-0.4, -0.2) is 70.1 Å². The van der Waals surface area contributed by atoms with Crippen LogP contribution in [0.5, 0.6) is 0 Å². The third-order valence-electron chi connectivity index (χ3n) is 5.65. The Balaban J connectivity index is 1.51. The van der Waals surface area contributed by atoms with Crippen LogP contribution < -0.4 is 5.32 Å². The number of aryl methyl sites for hydroxylation is 1. The average molecular weight is 443 g/mol. The second-order valence-corrected chi connectivity index (χ2v) is 9.39. The van der Waals surface area contributed by atoms with Gasteiger partial charge in [-0.2, -0.15) is 0 Å². The Morgan fingerprint density at radius 3 is 2.94 bits per heavy atom. The normalized spacial score (nSPS) is 19.9. The van der Waals surface area contributed by atoms with Crippen LogP contribution in [0.2, 0.25) is 0 Å². The number of thiazole rings is 1. The highest BCUT2D eigenvalue weighted by Crippen LogP contribution is 2.24. The van der Waals surface area contributed by atoms with Crippen LogP contribution in [0, 0.1) is 12.8 Å². The number of piperidine rings is 1. The standard InChI is InChI=1S/C22H30N6O2S/c1-3-21(29)28-6-4-5-17(14-28)11-19-24-18(15-27-7-9-30-10-8-27)12-20(25-19)26-22-23-13-16(2)31-22/h3,12-13,17H,1,4-11,14-15H2,2H3,(H,23,24,25,26)/t17-/m1/s1. The molecule has 1 amide bonds. The lowest BCUT2D eigenvalue weighted by Gasteiger charge is -2.32. The molecule has 0 radical (unpaired) electrons. The first-order chi connectivity index (χ1) is 15.1. The van der Waals surface area contributed by atoms with E-state index in [1.54, 1.807) is 11.3 Å². The molecular formula is C22H30N6O2S. The second kappa shape index (κ2) is 10.3. The van der Waals surface area contributed by atoms with Gasteiger partial charge in [0.05, 0.1) is 18.9 Å². The van der Waals surface area contributed by atoms with Crippen molar-refractivity contribution in [1.82, 2.24) is 24.8 Å². The summed E-state index contributed by atoms with van der Waals surface area (Å²) in [6, 6.07) is 2.02. The van der Waals surface area contributed by atoms with Crippen LogP contribution in [0.1, 0.15) is 29.2 Å². The number of nitrogens with one attached hydrogen (secondary N) is 1. The molecule has 1 N–H and O–H groups in total. The Kier molecular flexibility index (Phi) is 7.26. The topological polar surface area (TPSA) is 83.5 Å². The second-order valence-electron chi connectivity index (χ2n) is 8.15. The molecule has 2 saturated heterocycles. The Morgan fingerprint density at radius 2 is 2.19 bits per heavy atom. The minimum Gasteiger partial charge on any atom is -0.379 e. The quantitative estimate of drug-likeness (QED) is 0.660. The van der Waals surface area contributed by atoms with Crippen molar-refractivity contribution in [2.24, 2.45) is 5.92 Å². The summed E-state index contributed by atoms with van der Waals surface area (Å²) in [4.78, 5) is 31.5. The molecule has 0 unspecified atom stereocenters. The van der Waals surface area contributed by atoms with E-state index in [1.165, 1.54) is 6.08 Å². The lowest BCUT2D eigenvalue weighted by molar-refractivity contribution is -0.127. The molecule has 2 aliphatic rings. The Hall–Kier alpha value is -2.36. The van der Waals surface area contributed by atoms with Crippen molar-refractivity contribution in [3.63, 3.8) is 0 Å². The number of morpholine rings is 1. The fraction of sp³-hybridized carbons (Fsp3) is 0.545. The molecule has 2 aliphatic heterocycles. The number of hydrogen-bond donors (Lipinski definition) is 1.